The molecule has 214 valence electrons. The summed E-state index contributed by atoms with van der Waals surface area (Å²) in [6, 6.07) is 21.7. The van der Waals surface area contributed by atoms with Gasteiger partial charge in [0.25, 0.3) is 0 Å². The second kappa shape index (κ2) is 14.1. The summed E-state index contributed by atoms with van der Waals surface area (Å²) in [6.45, 7) is 11.4. The summed E-state index contributed by atoms with van der Waals surface area (Å²) in [7, 11) is 1.52. The second-order valence-electron chi connectivity index (χ2n) is 11.0. The SMILES string of the molecule is C=C(C)C(=O)Oc1ccc(-c2ccc(OC(=O)C(=C)COC)c(-c3ccc(C4CCC(CCC)CC4)cc3)c2)cc1. The molecule has 0 unspecified atom stereocenters. The lowest BCUT2D eigenvalue weighted by Crippen LogP contribution is -2.14. The summed E-state index contributed by atoms with van der Waals surface area (Å²) in [5.74, 6) is 1.38. The highest BCUT2D eigenvalue weighted by molar-refractivity contribution is 5.91. The second-order valence-corrected chi connectivity index (χ2v) is 11.0. The lowest BCUT2D eigenvalue weighted by Gasteiger charge is -2.28. The maximum atomic E-state index is 12.7. The Bertz CT molecular complexity index is 1380. The zero-order chi connectivity index (χ0) is 29.4. The van der Waals surface area contributed by atoms with Crippen molar-refractivity contribution in [1.82, 2.24) is 0 Å². The molecule has 41 heavy (non-hydrogen) atoms. The summed E-state index contributed by atoms with van der Waals surface area (Å²) in [5, 5.41) is 0. The van der Waals surface area contributed by atoms with Gasteiger partial charge < -0.3 is 14.2 Å². The van der Waals surface area contributed by atoms with E-state index in [4.69, 9.17) is 14.2 Å². The minimum atomic E-state index is -0.523. The topological polar surface area (TPSA) is 61.8 Å². The van der Waals surface area contributed by atoms with Crippen molar-refractivity contribution in [3.05, 3.63) is 96.6 Å². The van der Waals surface area contributed by atoms with Crippen LogP contribution in [0.2, 0.25) is 0 Å². The fraction of sp³-hybridized carbons (Fsp3) is 0.333. The number of rotatable bonds is 11. The van der Waals surface area contributed by atoms with Crippen molar-refractivity contribution in [3.8, 4) is 33.8 Å². The number of esters is 2. The van der Waals surface area contributed by atoms with Gasteiger partial charge in [-0.2, -0.15) is 0 Å². The minimum absolute atomic E-state index is 0.101. The third kappa shape index (κ3) is 7.83. The van der Waals surface area contributed by atoms with Gasteiger partial charge in [0, 0.05) is 18.2 Å². The minimum Gasteiger partial charge on any atom is -0.423 e. The molecular formula is C36H40O5. The third-order valence-corrected chi connectivity index (χ3v) is 7.77. The molecule has 1 aliphatic rings. The van der Waals surface area contributed by atoms with Gasteiger partial charge in [0.2, 0.25) is 0 Å². The average molecular weight is 553 g/mol. The molecule has 0 N–H and O–H groups in total. The van der Waals surface area contributed by atoms with E-state index in [0.29, 0.717) is 23.0 Å². The quantitative estimate of drug-likeness (QED) is 0.135. The van der Waals surface area contributed by atoms with Crippen molar-refractivity contribution < 1.29 is 23.8 Å². The molecule has 5 heteroatoms. The summed E-state index contributed by atoms with van der Waals surface area (Å²) >= 11 is 0. The fourth-order valence-corrected chi connectivity index (χ4v) is 5.47. The zero-order valence-corrected chi connectivity index (χ0v) is 24.4. The van der Waals surface area contributed by atoms with Gasteiger partial charge in [-0.1, -0.05) is 75.4 Å². The molecule has 4 rings (SSSR count). The summed E-state index contributed by atoms with van der Waals surface area (Å²) < 4.78 is 16.2. The first-order chi connectivity index (χ1) is 19.8. The zero-order valence-electron chi connectivity index (χ0n) is 24.4. The Morgan fingerprint density at radius 1 is 0.805 bits per heavy atom. The summed E-state index contributed by atoms with van der Waals surface area (Å²) in [5.41, 5.74) is 5.59. The van der Waals surface area contributed by atoms with E-state index >= 15 is 0 Å². The standard InChI is InChI=1S/C36H40O5/c1-6-7-26-8-10-27(11-9-26)28-12-14-30(15-13-28)33-22-31(18-21-34(33)41-36(38)25(4)23-39-5)29-16-19-32(20-17-29)40-35(37)24(2)3/h12-22,26-27H,2,4,6-11,23H2,1,3,5H3. The van der Waals surface area contributed by atoms with E-state index in [0.717, 1.165) is 28.2 Å². The molecule has 1 aliphatic carbocycles. The van der Waals surface area contributed by atoms with E-state index < -0.39 is 11.9 Å². The first-order valence-corrected chi connectivity index (χ1v) is 14.4. The number of ether oxygens (including phenoxy) is 3. The van der Waals surface area contributed by atoms with Gasteiger partial charge in [-0.15, -0.1) is 0 Å². The lowest BCUT2D eigenvalue weighted by molar-refractivity contribution is -0.131. The van der Waals surface area contributed by atoms with Gasteiger partial charge in [0.05, 0.1) is 12.2 Å². The highest BCUT2D eigenvalue weighted by Crippen LogP contribution is 2.40. The van der Waals surface area contributed by atoms with Crippen LogP contribution in [0, 0.1) is 5.92 Å². The summed E-state index contributed by atoms with van der Waals surface area (Å²) in [4.78, 5) is 24.6. The molecule has 0 bridgehead atoms. The molecule has 3 aromatic rings. The normalized spacial score (nSPS) is 16.6. The molecule has 0 spiro atoms. The largest absolute Gasteiger partial charge is 0.423 e. The molecule has 1 fully saturated rings. The molecule has 0 amide bonds. The molecular weight excluding hydrogens is 512 g/mol. The molecule has 3 aromatic carbocycles. The van der Waals surface area contributed by atoms with Gasteiger partial charge in [0.15, 0.2) is 0 Å². The van der Waals surface area contributed by atoms with Crippen LogP contribution in [0.1, 0.15) is 63.9 Å². The molecule has 1 saturated carbocycles. The van der Waals surface area contributed by atoms with E-state index in [9.17, 15) is 9.59 Å². The number of benzene rings is 3. The van der Waals surface area contributed by atoms with Gasteiger partial charge in [-0.3, -0.25) is 0 Å². The van der Waals surface area contributed by atoms with Crippen LogP contribution < -0.4 is 9.47 Å². The Morgan fingerprint density at radius 3 is 2.05 bits per heavy atom. The highest BCUT2D eigenvalue weighted by atomic mass is 16.5. The number of methoxy groups -OCH3 is 1. The molecule has 0 heterocycles. The number of hydrogen-bond acceptors (Lipinski definition) is 5. The smallest absolute Gasteiger partial charge is 0.341 e. The first kappa shape index (κ1) is 30.0. The third-order valence-electron chi connectivity index (χ3n) is 7.77. The van der Waals surface area contributed by atoms with E-state index in [-0.39, 0.29) is 12.2 Å². The van der Waals surface area contributed by atoms with Crippen molar-refractivity contribution >= 4 is 11.9 Å². The van der Waals surface area contributed by atoms with Gasteiger partial charge in [0.1, 0.15) is 11.5 Å². The van der Waals surface area contributed by atoms with E-state index in [1.807, 2.05) is 24.3 Å². The monoisotopic (exact) mass is 552 g/mol. The Hall–Kier alpha value is -3.96. The molecule has 5 nitrogen and oxygen atoms in total. The predicted molar refractivity (Wildman–Crippen MR) is 164 cm³/mol. The maximum absolute atomic E-state index is 12.7. The predicted octanol–water partition coefficient (Wildman–Crippen LogP) is 8.68. The van der Waals surface area contributed by atoms with Crippen LogP contribution in [0.25, 0.3) is 22.3 Å². The van der Waals surface area contributed by atoms with Crippen molar-refractivity contribution in [2.24, 2.45) is 5.92 Å². The number of hydrogen-bond donors (Lipinski definition) is 0. The van der Waals surface area contributed by atoms with Crippen LogP contribution in [0.3, 0.4) is 0 Å². The Kier molecular flexibility index (Phi) is 10.3. The van der Waals surface area contributed by atoms with Crippen molar-refractivity contribution in [2.45, 2.75) is 58.3 Å². The highest BCUT2D eigenvalue weighted by Gasteiger charge is 2.22. The first-order valence-electron chi connectivity index (χ1n) is 14.4. The van der Waals surface area contributed by atoms with E-state index in [2.05, 4.69) is 44.3 Å². The van der Waals surface area contributed by atoms with E-state index in [1.54, 1.807) is 25.1 Å². The van der Waals surface area contributed by atoms with Crippen LogP contribution in [-0.4, -0.2) is 25.7 Å². The Balaban J connectivity index is 1.61. The molecule has 0 saturated heterocycles. The van der Waals surface area contributed by atoms with Gasteiger partial charge >= 0.3 is 11.9 Å². The number of carbonyl (C=O) groups excluding carboxylic acids is 2. The van der Waals surface area contributed by atoms with Crippen LogP contribution in [0.15, 0.2) is 91.0 Å². The van der Waals surface area contributed by atoms with Crippen LogP contribution in [0.5, 0.6) is 11.5 Å². The van der Waals surface area contributed by atoms with Crippen LogP contribution in [0.4, 0.5) is 0 Å². The molecule has 0 atom stereocenters. The number of carbonyl (C=O) groups is 2. The van der Waals surface area contributed by atoms with Crippen LogP contribution in [-0.2, 0) is 14.3 Å². The fourth-order valence-electron chi connectivity index (χ4n) is 5.47. The summed E-state index contributed by atoms with van der Waals surface area (Å²) in [6.07, 6.45) is 7.69. The van der Waals surface area contributed by atoms with Gasteiger partial charge in [-0.25, -0.2) is 9.59 Å². The maximum Gasteiger partial charge on any atom is 0.341 e. The Labute approximate surface area is 243 Å². The molecule has 0 aliphatic heterocycles. The van der Waals surface area contributed by atoms with Gasteiger partial charge in [-0.05, 0) is 91.0 Å². The van der Waals surface area contributed by atoms with Crippen molar-refractivity contribution in [1.29, 1.82) is 0 Å². The molecule has 0 aromatic heterocycles. The Morgan fingerprint density at radius 2 is 1.44 bits per heavy atom. The van der Waals surface area contributed by atoms with Crippen LogP contribution >= 0.6 is 0 Å². The van der Waals surface area contributed by atoms with Crippen molar-refractivity contribution in [2.75, 3.05) is 13.7 Å². The average Bonchev–Trinajstić information content (AvgIpc) is 2.98. The lowest BCUT2D eigenvalue weighted by atomic mass is 9.77. The molecule has 0 radical (unpaired) electrons. The van der Waals surface area contributed by atoms with Crippen molar-refractivity contribution in [3.63, 3.8) is 0 Å². The van der Waals surface area contributed by atoms with E-state index in [1.165, 1.54) is 51.2 Å².